The molecule has 3 rings (SSSR count). The first-order valence-electron chi connectivity index (χ1n) is 12.1. The fourth-order valence-corrected chi connectivity index (χ4v) is 6.71. The van der Waals surface area contributed by atoms with Gasteiger partial charge in [0, 0.05) is 18.7 Å². The predicted octanol–water partition coefficient (Wildman–Crippen LogP) is 4.43. The molecule has 0 fully saturated rings. The Morgan fingerprint density at radius 2 is 1.67 bits per heavy atom. The minimum atomic E-state index is -3.64. The molecule has 1 aromatic heterocycles. The second kappa shape index (κ2) is 11.9. The van der Waals surface area contributed by atoms with Gasteiger partial charge in [-0.3, -0.25) is 9.59 Å². The van der Waals surface area contributed by atoms with E-state index in [0.29, 0.717) is 30.7 Å². The van der Waals surface area contributed by atoms with E-state index in [1.807, 2.05) is 39.8 Å². The van der Waals surface area contributed by atoms with Crippen LogP contribution in [0.2, 0.25) is 0 Å². The molecule has 3 aromatic rings. The van der Waals surface area contributed by atoms with Crippen LogP contribution in [0.5, 0.6) is 0 Å². The number of carbonyl (C=O) groups excluding carboxylic acids is 2. The van der Waals surface area contributed by atoms with Crippen LogP contribution in [0.3, 0.4) is 0 Å². The molecule has 0 atom stereocenters. The molecule has 0 bridgehead atoms. The van der Waals surface area contributed by atoms with Gasteiger partial charge in [0.15, 0.2) is 4.80 Å². The highest BCUT2D eigenvalue weighted by Gasteiger charge is 2.23. The summed E-state index contributed by atoms with van der Waals surface area (Å²) in [5.41, 5.74) is 3.13. The number of aryl methyl sites for hydroxylation is 2. The Labute approximate surface area is 216 Å². The second-order valence-electron chi connectivity index (χ2n) is 8.55. The smallest absolute Gasteiger partial charge is 0.326 e. The summed E-state index contributed by atoms with van der Waals surface area (Å²) in [4.78, 5) is 30.2. The summed E-state index contributed by atoms with van der Waals surface area (Å²) >= 11 is 1.33. The Bertz CT molecular complexity index is 1410. The third-order valence-corrected chi connectivity index (χ3v) is 8.73. The van der Waals surface area contributed by atoms with Crippen LogP contribution < -0.4 is 4.80 Å². The van der Waals surface area contributed by atoms with E-state index >= 15 is 0 Å². The number of thiazole rings is 1. The van der Waals surface area contributed by atoms with Crippen LogP contribution in [0.1, 0.15) is 55.1 Å². The van der Waals surface area contributed by atoms with Crippen molar-refractivity contribution < 1.29 is 22.7 Å². The standard InChI is InChI=1S/C26H33N3O5S2/c1-6-13-28(14-7-2)36(32,33)21-11-9-20(10-12-21)25(31)27-26-29(17-23(30)34-8-3)22-16-18(4)15-19(5)24(22)35-26/h9-12,15-16H,6-8,13-14,17H2,1-5H3. The first kappa shape index (κ1) is 27.8. The lowest BCUT2D eigenvalue weighted by atomic mass is 10.1. The van der Waals surface area contributed by atoms with Crippen molar-refractivity contribution in [3.63, 3.8) is 0 Å². The molecule has 8 nitrogen and oxygen atoms in total. The summed E-state index contributed by atoms with van der Waals surface area (Å²) in [6.07, 6.45) is 1.43. The number of fused-ring (bicyclic) bond motifs is 1. The van der Waals surface area contributed by atoms with Crippen LogP contribution in [0, 0.1) is 13.8 Å². The summed E-state index contributed by atoms with van der Waals surface area (Å²) in [6.45, 7) is 10.6. The zero-order valence-electron chi connectivity index (χ0n) is 21.4. The molecule has 0 spiro atoms. The third kappa shape index (κ3) is 6.11. The van der Waals surface area contributed by atoms with Gasteiger partial charge in [0.1, 0.15) is 6.54 Å². The number of carbonyl (C=O) groups is 2. The molecule has 2 aromatic carbocycles. The number of benzene rings is 2. The van der Waals surface area contributed by atoms with Gasteiger partial charge in [-0.15, -0.1) is 0 Å². The maximum absolute atomic E-state index is 13.1. The van der Waals surface area contributed by atoms with E-state index in [0.717, 1.165) is 21.3 Å². The van der Waals surface area contributed by atoms with Crippen LogP contribution in [-0.4, -0.2) is 48.9 Å². The molecule has 0 N–H and O–H groups in total. The lowest BCUT2D eigenvalue weighted by molar-refractivity contribution is -0.143. The van der Waals surface area contributed by atoms with E-state index in [9.17, 15) is 18.0 Å². The molecule has 0 radical (unpaired) electrons. The molecular formula is C26H33N3O5S2. The highest BCUT2D eigenvalue weighted by Crippen LogP contribution is 2.24. The Morgan fingerprint density at radius 1 is 1.03 bits per heavy atom. The lowest BCUT2D eigenvalue weighted by Gasteiger charge is -2.21. The van der Waals surface area contributed by atoms with Gasteiger partial charge in [0.2, 0.25) is 10.0 Å². The van der Waals surface area contributed by atoms with Gasteiger partial charge >= 0.3 is 5.97 Å². The first-order valence-corrected chi connectivity index (χ1v) is 14.3. The molecule has 36 heavy (non-hydrogen) atoms. The fraction of sp³-hybridized carbons (Fsp3) is 0.423. The molecule has 0 saturated heterocycles. The molecule has 1 amide bonds. The number of hydrogen-bond donors (Lipinski definition) is 0. The number of sulfonamides is 1. The number of amides is 1. The molecule has 1 heterocycles. The van der Waals surface area contributed by atoms with Crippen molar-refractivity contribution in [1.29, 1.82) is 0 Å². The van der Waals surface area contributed by atoms with Gasteiger partial charge in [0.05, 0.1) is 21.7 Å². The Morgan fingerprint density at radius 3 is 2.25 bits per heavy atom. The maximum atomic E-state index is 13.1. The van der Waals surface area contributed by atoms with Gasteiger partial charge in [-0.05, 0) is 75.1 Å². The zero-order valence-corrected chi connectivity index (χ0v) is 23.0. The normalized spacial score (nSPS) is 12.4. The Hall–Kier alpha value is -2.82. The van der Waals surface area contributed by atoms with E-state index in [2.05, 4.69) is 4.99 Å². The largest absolute Gasteiger partial charge is 0.465 e. The fourth-order valence-electron chi connectivity index (χ4n) is 4.01. The van der Waals surface area contributed by atoms with Crippen molar-refractivity contribution in [3.05, 3.63) is 57.9 Å². The average molecular weight is 532 g/mol. The van der Waals surface area contributed by atoms with Gasteiger partial charge in [0.25, 0.3) is 5.91 Å². The van der Waals surface area contributed by atoms with Gasteiger partial charge in [-0.2, -0.15) is 9.30 Å². The monoisotopic (exact) mass is 531 g/mol. The van der Waals surface area contributed by atoms with Crippen LogP contribution >= 0.6 is 11.3 Å². The number of ether oxygens (including phenoxy) is 1. The molecule has 0 unspecified atom stereocenters. The van der Waals surface area contributed by atoms with E-state index in [1.165, 1.54) is 39.9 Å². The average Bonchev–Trinajstić information content (AvgIpc) is 3.16. The number of nitrogens with zero attached hydrogens (tertiary/aromatic N) is 3. The first-order chi connectivity index (χ1) is 17.1. The van der Waals surface area contributed by atoms with Crippen LogP contribution in [0.25, 0.3) is 10.2 Å². The van der Waals surface area contributed by atoms with Gasteiger partial charge < -0.3 is 9.30 Å². The summed E-state index contributed by atoms with van der Waals surface area (Å²) in [7, 11) is -3.64. The third-order valence-electron chi connectivity index (χ3n) is 5.59. The molecule has 0 aliphatic carbocycles. The van der Waals surface area contributed by atoms with Crippen LogP contribution in [0.15, 0.2) is 46.3 Å². The highest BCUT2D eigenvalue weighted by atomic mass is 32.2. The van der Waals surface area contributed by atoms with Crippen LogP contribution in [0.4, 0.5) is 0 Å². The number of hydrogen-bond acceptors (Lipinski definition) is 6. The van der Waals surface area contributed by atoms with Crippen LogP contribution in [-0.2, 0) is 26.1 Å². The summed E-state index contributed by atoms with van der Waals surface area (Å²) in [5, 5.41) is 0. The number of aromatic nitrogens is 1. The second-order valence-corrected chi connectivity index (χ2v) is 11.5. The maximum Gasteiger partial charge on any atom is 0.326 e. The minimum absolute atomic E-state index is 0.0648. The van der Waals surface area contributed by atoms with Gasteiger partial charge in [-0.25, -0.2) is 8.42 Å². The van der Waals surface area contributed by atoms with E-state index in [-0.39, 0.29) is 23.6 Å². The van der Waals surface area contributed by atoms with Crippen molar-refractivity contribution in [2.75, 3.05) is 19.7 Å². The predicted molar refractivity (Wildman–Crippen MR) is 142 cm³/mol. The quantitative estimate of drug-likeness (QED) is 0.361. The van der Waals surface area contributed by atoms with Crippen molar-refractivity contribution in [1.82, 2.24) is 8.87 Å². The summed E-state index contributed by atoms with van der Waals surface area (Å²) < 4.78 is 35.3. The van der Waals surface area contributed by atoms with E-state index < -0.39 is 21.9 Å². The number of esters is 1. The molecule has 10 heteroatoms. The molecule has 194 valence electrons. The number of rotatable bonds is 10. The Kier molecular flexibility index (Phi) is 9.21. The SMILES string of the molecule is CCCN(CCC)S(=O)(=O)c1ccc(C(=O)N=c2sc3c(C)cc(C)cc3n2CC(=O)OCC)cc1. The van der Waals surface area contributed by atoms with Crippen molar-refractivity contribution in [3.8, 4) is 0 Å². The minimum Gasteiger partial charge on any atom is -0.465 e. The molecular weight excluding hydrogens is 498 g/mol. The van der Waals surface area contributed by atoms with E-state index in [1.54, 1.807) is 11.5 Å². The summed E-state index contributed by atoms with van der Waals surface area (Å²) in [6, 6.07) is 9.85. The topological polar surface area (TPSA) is 98.0 Å². The van der Waals surface area contributed by atoms with Crippen molar-refractivity contribution in [2.24, 2.45) is 4.99 Å². The zero-order chi connectivity index (χ0) is 26.5. The highest BCUT2D eigenvalue weighted by molar-refractivity contribution is 7.89. The lowest BCUT2D eigenvalue weighted by Crippen LogP contribution is -2.32. The summed E-state index contributed by atoms with van der Waals surface area (Å²) in [5.74, 6) is -0.931. The van der Waals surface area contributed by atoms with Crippen molar-refractivity contribution in [2.45, 2.75) is 58.9 Å². The molecule has 0 aliphatic rings. The Balaban J connectivity index is 2.01. The molecule has 0 aliphatic heterocycles. The van der Waals surface area contributed by atoms with Gasteiger partial charge in [-0.1, -0.05) is 31.3 Å². The molecule has 0 saturated carbocycles. The van der Waals surface area contributed by atoms with Crippen molar-refractivity contribution >= 4 is 43.5 Å². The van der Waals surface area contributed by atoms with E-state index in [4.69, 9.17) is 4.74 Å².